The van der Waals surface area contributed by atoms with Crippen molar-refractivity contribution in [2.45, 2.75) is 32.9 Å². The number of Topliss-reactive ketones (excluding diaryl/α,β-unsaturated/α-hetero) is 1. The zero-order valence-corrected chi connectivity index (χ0v) is 22.7. The smallest absolute Gasteiger partial charge is 0.294 e. The van der Waals surface area contributed by atoms with Crippen LogP contribution in [0.2, 0.25) is 0 Å². The van der Waals surface area contributed by atoms with E-state index in [2.05, 4.69) is 15.9 Å². The van der Waals surface area contributed by atoms with Gasteiger partial charge in [-0.05, 0) is 87.0 Å². The fourth-order valence-corrected chi connectivity index (χ4v) is 4.93. The van der Waals surface area contributed by atoms with E-state index in [-0.39, 0.29) is 17.4 Å². The molecular formula is C30H26BrNO6. The number of carbonyl (C=O) groups is 2. The zero-order valence-electron chi connectivity index (χ0n) is 21.1. The Morgan fingerprint density at radius 2 is 1.71 bits per heavy atom. The minimum Gasteiger partial charge on any atom is -0.503 e. The molecule has 5 rings (SSSR count). The van der Waals surface area contributed by atoms with Gasteiger partial charge in [-0.2, -0.15) is 0 Å². The zero-order chi connectivity index (χ0) is 27.0. The highest BCUT2D eigenvalue weighted by atomic mass is 79.9. The topological polar surface area (TPSA) is 89.2 Å². The molecule has 0 saturated carbocycles. The van der Waals surface area contributed by atoms with E-state index in [1.165, 1.54) is 4.90 Å². The van der Waals surface area contributed by atoms with E-state index in [0.29, 0.717) is 34.9 Å². The summed E-state index contributed by atoms with van der Waals surface area (Å²) in [6.07, 6.45) is -0.0107. The third kappa shape index (κ3) is 4.79. The highest BCUT2D eigenvalue weighted by molar-refractivity contribution is 9.10. The Hall–Kier alpha value is -4.04. The van der Waals surface area contributed by atoms with Crippen LogP contribution < -0.4 is 14.4 Å². The van der Waals surface area contributed by atoms with Crippen LogP contribution in [-0.4, -0.2) is 29.5 Å². The number of benzene rings is 3. The van der Waals surface area contributed by atoms with Gasteiger partial charge in [0.1, 0.15) is 17.1 Å². The molecule has 0 bridgehead atoms. The number of carbonyl (C=O) groups excluding carboxylic acids is 2. The first-order valence-electron chi connectivity index (χ1n) is 12.3. The molecule has 1 atom stereocenters. The highest BCUT2D eigenvalue weighted by Gasteiger charge is 2.45. The van der Waals surface area contributed by atoms with E-state index in [0.717, 1.165) is 9.86 Å². The molecule has 4 aromatic rings. The molecule has 0 spiro atoms. The number of anilines is 1. The second-order valence-corrected chi connectivity index (χ2v) is 10.0. The van der Waals surface area contributed by atoms with E-state index in [1.807, 2.05) is 32.9 Å². The van der Waals surface area contributed by atoms with Crippen LogP contribution in [0.5, 0.6) is 11.5 Å². The van der Waals surface area contributed by atoms with Gasteiger partial charge in [0.25, 0.3) is 5.91 Å². The van der Waals surface area contributed by atoms with Crippen LogP contribution in [-0.2, 0) is 4.79 Å². The van der Waals surface area contributed by atoms with E-state index in [1.54, 1.807) is 60.7 Å². The van der Waals surface area contributed by atoms with Gasteiger partial charge in [-0.15, -0.1) is 0 Å². The number of fused-ring (bicyclic) bond motifs is 1. The van der Waals surface area contributed by atoms with E-state index < -0.39 is 23.5 Å². The Morgan fingerprint density at radius 3 is 2.37 bits per heavy atom. The first-order valence-corrected chi connectivity index (χ1v) is 13.1. The Balaban J connectivity index is 1.60. The van der Waals surface area contributed by atoms with Gasteiger partial charge in [0.05, 0.1) is 24.3 Å². The second-order valence-electron chi connectivity index (χ2n) is 9.12. The fourth-order valence-electron chi connectivity index (χ4n) is 4.55. The lowest BCUT2D eigenvalue weighted by Crippen LogP contribution is -2.31. The van der Waals surface area contributed by atoms with Crippen molar-refractivity contribution in [3.8, 4) is 11.5 Å². The predicted molar refractivity (Wildman–Crippen MR) is 148 cm³/mol. The first-order chi connectivity index (χ1) is 18.3. The van der Waals surface area contributed by atoms with Gasteiger partial charge in [-0.3, -0.25) is 14.5 Å². The maximum absolute atomic E-state index is 13.8. The average Bonchev–Trinajstić information content (AvgIpc) is 3.43. The fraction of sp³-hybridized carbons (Fsp3) is 0.200. The number of furan rings is 1. The molecule has 1 aromatic heterocycles. The maximum Gasteiger partial charge on any atom is 0.294 e. The molecule has 0 aliphatic carbocycles. The largest absolute Gasteiger partial charge is 0.503 e. The molecule has 0 fully saturated rings. The molecule has 0 saturated heterocycles. The van der Waals surface area contributed by atoms with Crippen LogP contribution in [0.1, 0.15) is 42.9 Å². The van der Waals surface area contributed by atoms with Crippen molar-refractivity contribution >= 4 is 44.3 Å². The van der Waals surface area contributed by atoms with Crippen LogP contribution in [0.15, 0.2) is 93.0 Å². The van der Waals surface area contributed by atoms with Gasteiger partial charge in [0.2, 0.25) is 5.78 Å². The van der Waals surface area contributed by atoms with E-state index in [9.17, 15) is 14.7 Å². The first kappa shape index (κ1) is 25.6. The van der Waals surface area contributed by atoms with Gasteiger partial charge < -0.3 is 19.0 Å². The van der Waals surface area contributed by atoms with Gasteiger partial charge >= 0.3 is 0 Å². The lowest BCUT2D eigenvalue weighted by atomic mass is 9.94. The van der Waals surface area contributed by atoms with Gasteiger partial charge in [0.15, 0.2) is 11.5 Å². The molecule has 3 aromatic carbocycles. The Kier molecular flexibility index (Phi) is 6.99. The summed E-state index contributed by atoms with van der Waals surface area (Å²) in [6, 6.07) is 20.2. The highest BCUT2D eigenvalue weighted by Crippen LogP contribution is 2.43. The summed E-state index contributed by atoms with van der Waals surface area (Å²) in [6.45, 7) is 6.25. The summed E-state index contributed by atoms with van der Waals surface area (Å²) < 4.78 is 18.0. The lowest BCUT2D eigenvalue weighted by molar-refractivity contribution is -0.117. The van der Waals surface area contributed by atoms with E-state index in [4.69, 9.17) is 13.9 Å². The minimum atomic E-state index is -0.888. The number of aliphatic hydroxyl groups excluding tert-OH is 1. The van der Waals surface area contributed by atoms with E-state index >= 15 is 0 Å². The van der Waals surface area contributed by atoms with Crippen LogP contribution in [0.4, 0.5) is 5.69 Å². The van der Waals surface area contributed by atoms with Crippen molar-refractivity contribution in [2.24, 2.45) is 0 Å². The molecular weight excluding hydrogens is 550 g/mol. The summed E-state index contributed by atoms with van der Waals surface area (Å²) in [5.74, 6) is -0.516. The summed E-state index contributed by atoms with van der Waals surface area (Å²) >= 11 is 3.43. The molecule has 2 heterocycles. The number of rotatable bonds is 8. The predicted octanol–water partition coefficient (Wildman–Crippen LogP) is 7.16. The van der Waals surface area contributed by atoms with Crippen LogP contribution in [0.3, 0.4) is 0 Å². The minimum absolute atomic E-state index is 0.0107. The van der Waals surface area contributed by atoms with Crippen LogP contribution in [0, 0.1) is 0 Å². The summed E-state index contributed by atoms with van der Waals surface area (Å²) in [5.41, 5.74) is 1.61. The molecule has 1 unspecified atom stereocenters. The normalized spacial score (nSPS) is 15.6. The SMILES string of the molecule is CCOc1ccc(N2C(=O)C(O)=C(C(=O)c3cc4cc(Br)ccc4o3)C2c2ccc(OC(C)C)cc2)cc1. The molecule has 8 heteroatoms. The average molecular weight is 576 g/mol. The summed E-state index contributed by atoms with van der Waals surface area (Å²) in [7, 11) is 0. The summed E-state index contributed by atoms with van der Waals surface area (Å²) in [5, 5.41) is 11.8. The van der Waals surface area contributed by atoms with Crippen molar-refractivity contribution in [1.29, 1.82) is 0 Å². The van der Waals surface area contributed by atoms with Crippen molar-refractivity contribution in [2.75, 3.05) is 11.5 Å². The van der Waals surface area contributed by atoms with Crippen molar-refractivity contribution in [3.63, 3.8) is 0 Å². The van der Waals surface area contributed by atoms with Crippen molar-refractivity contribution in [1.82, 2.24) is 0 Å². The number of aliphatic hydroxyl groups is 1. The molecule has 7 nitrogen and oxygen atoms in total. The third-order valence-corrected chi connectivity index (χ3v) is 6.64. The van der Waals surface area contributed by atoms with Crippen molar-refractivity contribution < 1.29 is 28.6 Å². The number of ketones is 1. The molecule has 1 amide bonds. The van der Waals surface area contributed by atoms with Gasteiger partial charge in [-0.25, -0.2) is 0 Å². The second kappa shape index (κ2) is 10.4. The number of halogens is 1. The number of hydrogen-bond donors (Lipinski definition) is 1. The molecule has 1 aliphatic rings. The number of hydrogen-bond acceptors (Lipinski definition) is 6. The van der Waals surface area contributed by atoms with Gasteiger partial charge in [0, 0.05) is 15.5 Å². The Bertz CT molecular complexity index is 1540. The molecule has 1 N–H and O–H groups in total. The van der Waals surface area contributed by atoms with Crippen molar-refractivity contribution in [3.05, 3.63) is 99.9 Å². The quantitative estimate of drug-likeness (QED) is 0.224. The van der Waals surface area contributed by atoms with Crippen LogP contribution >= 0.6 is 15.9 Å². The number of nitrogens with zero attached hydrogens (tertiary/aromatic N) is 1. The summed E-state index contributed by atoms with van der Waals surface area (Å²) in [4.78, 5) is 28.7. The van der Waals surface area contributed by atoms with Crippen LogP contribution in [0.25, 0.3) is 11.0 Å². The third-order valence-electron chi connectivity index (χ3n) is 6.15. The Morgan fingerprint density at radius 1 is 1.03 bits per heavy atom. The molecule has 1 aliphatic heterocycles. The standard InChI is InChI=1S/C30H26BrNO6/c1-4-36-22-12-8-21(9-13-22)32-27(18-5-10-23(11-6-18)37-17(2)3)26(29(34)30(32)35)28(33)25-16-19-15-20(31)7-14-24(19)38-25/h5-17,27,34H,4H2,1-3H3. The monoisotopic (exact) mass is 575 g/mol. The van der Waals surface area contributed by atoms with Gasteiger partial charge in [-0.1, -0.05) is 28.1 Å². The molecule has 0 radical (unpaired) electrons. The molecule has 38 heavy (non-hydrogen) atoms. The lowest BCUT2D eigenvalue weighted by Gasteiger charge is -2.27. The Labute approximate surface area is 228 Å². The number of ether oxygens (including phenoxy) is 2. The molecule has 194 valence electrons. The maximum atomic E-state index is 13.8. The number of amides is 1.